The smallest absolute Gasteiger partial charge is 0.165 e. The number of hydrogen-bond donors (Lipinski definition) is 0. The Morgan fingerprint density at radius 1 is 1.09 bits per heavy atom. The minimum absolute atomic E-state index is 0.0960. The molecule has 0 N–H and O–H groups in total. The van der Waals surface area contributed by atoms with E-state index in [2.05, 4.69) is 0 Å². The van der Waals surface area contributed by atoms with Gasteiger partial charge in [0.15, 0.2) is 17.3 Å². The third-order valence-corrected chi connectivity index (χ3v) is 3.16. The predicted molar refractivity (Wildman–Crippen MR) is 80.9 cm³/mol. The second kappa shape index (κ2) is 7.16. The van der Waals surface area contributed by atoms with Gasteiger partial charge in [-0.15, -0.1) is 0 Å². The van der Waals surface area contributed by atoms with E-state index in [1.54, 1.807) is 24.3 Å². The SMILES string of the molecule is CC(C)CC(=O)c1ccc(COc2cc(F)ccc2F)cc1. The average molecular weight is 304 g/mol. The molecule has 0 saturated carbocycles. The number of ketones is 1. The van der Waals surface area contributed by atoms with Crippen molar-refractivity contribution in [3.8, 4) is 5.75 Å². The normalized spacial score (nSPS) is 10.8. The van der Waals surface area contributed by atoms with Gasteiger partial charge >= 0.3 is 0 Å². The highest BCUT2D eigenvalue weighted by atomic mass is 19.1. The van der Waals surface area contributed by atoms with Crippen LogP contribution in [0, 0.1) is 17.6 Å². The standard InChI is InChI=1S/C18H18F2O2/c1-12(2)9-17(21)14-5-3-13(4-6-14)11-22-18-10-15(19)7-8-16(18)20/h3-8,10,12H,9,11H2,1-2H3. The molecule has 0 aliphatic carbocycles. The molecule has 4 heteroatoms. The number of Topliss-reactive ketones (excluding diaryl/α,β-unsaturated/α-hetero) is 1. The van der Waals surface area contributed by atoms with Crippen molar-refractivity contribution in [1.29, 1.82) is 0 Å². The number of hydrogen-bond acceptors (Lipinski definition) is 2. The van der Waals surface area contributed by atoms with Crippen LogP contribution >= 0.6 is 0 Å². The van der Waals surface area contributed by atoms with Crippen LogP contribution in [0.4, 0.5) is 8.78 Å². The van der Waals surface area contributed by atoms with Crippen molar-refractivity contribution in [3.63, 3.8) is 0 Å². The molecule has 0 aliphatic rings. The van der Waals surface area contributed by atoms with Crippen LogP contribution in [0.25, 0.3) is 0 Å². The first kappa shape index (κ1) is 16.1. The number of carbonyl (C=O) groups is 1. The molecular formula is C18H18F2O2. The number of carbonyl (C=O) groups excluding carboxylic acids is 1. The summed E-state index contributed by atoms with van der Waals surface area (Å²) in [5, 5.41) is 0. The zero-order chi connectivity index (χ0) is 16.1. The lowest BCUT2D eigenvalue weighted by atomic mass is 10.0. The van der Waals surface area contributed by atoms with E-state index in [1.807, 2.05) is 13.8 Å². The van der Waals surface area contributed by atoms with Gasteiger partial charge in [0.05, 0.1) is 0 Å². The lowest BCUT2D eigenvalue weighted by Crippen LogP contribution is -2.04. The summed E-state index contributed by atoms with van der Waals surface area (Å²) in [7, 11) is 0. The Labute approximate surface area is 128 Å². The van der Waals surface area contributed by atoms with Crippen LogP contribution < -0.4 is 4.74 Å². The summed E-state index contributed by atoms with van der Waals surface area (Å²) in [5.74, 6) is -0.874. The Kier molecular flexibility index (Phi) is 5.26. The monoisotopic (exact) mass is 304 g/mol. The summed E-state index contributed by atoms with van der Waals surface area (Å²) >= 11 is 0. The molecule has 2 rings (SSSR count). The van der Waals surface area contributed by atoms with Crippen LogP contribution in [-0.4, -0.2) is 5.78 Å². The maximum Gasteiger partial charge on any atom is 0.165 e. The van der Waals surface area contributed by atoms with Crippen molar-refractivity contribution >= 4 is 5.78 Å². The van der Waals surface area contributed by atoms with Crippen molar-refractivity contribution < 1.29 is 18.3 Å². The topological polar surface area (TPSA) is 26.3 Å². The fourth-order valence-corrected chi connectivity index (χ4v) is 2.02. The van der Waals surface area contributed by atoms with E-state index < -0.39 is 11.6 Å². The summed E-state index contributed by atoms with van der Waals surface area (Å²) in [6.45, 7) is 4.10. The summed E-state index contributed by atoms with van der Waals surface area (Å²) in [6, 6.07) is 10.0. The van der Waals surface area contributed by atoms with Crippen molar-refractivity contribution in [2.45, 2.75) is 26.9 Å². The zero-order valence-electron chi connectivity index (χ0n) is 12.6. The highest BCUT2D eigenvalue weighted by molar-refractivity contribution is 5.96. The van der Waals surface area contributed by atoms with Gasteiger partial charge in [-0.1, -0.05) is 38.1 Å². The summed E-state index contributed by atoms with van der Waals surface area (Å²) < 4.78 is 31.7. The second-order valence-electron chi connectivity index (χ2n) is 5.58. The van der Waals surface area contributed by atoms with Gasteiger partial charge in [-0.2, -0.15) is 0 Å². The highest BCUT2D eigenvalue weighted by Gasteiger charge is 2.09. The van der Waals surface area contributed by atoms with Crippen LogP contribution in [0.15, 0.2) is 42.5 Å². The summed E-state index contributed by atoms with van der Waals surface area (Å²) in [5.41, 5.74) is 1.43. The van der Waals surface area contributed by atoms with E-state index in [4.69, 9.17) is 4.74 Å². The molecule has 2 aromatic carbocycles. The molecule has 0 fully saturated rings. The molecule has 2 aromatic rings. The van der Waals surface area contributed by atoms with Crippen molar-refractivity contribution in [1.82, 2.24) is 0 Å². The maximum atomic E-state index is 13.4. The van der Waals surface area contributed by atoms with Crippen molar-refractivity contribution in [2.24, 2.45) is 5.92 Å². The quantitative estimate of drug-likeness (QED) is 0.718. The fourth-order valence-electron chi connectivity index (χ4n) is 2.02. The molecule has 2 nitrogen and oxygen atoms in total. The van der Waals surface area contributed by atoms with Crippen molar-refractivity contribution in [2.75, 3.05) is 0 Å². The van der Waals surface area contributed by atoms with E-state index in [-0.39, 0.29) is 18.1 Å². The van der Waals surface area contributed by atoms with E-state index in [9.17, 15) is 13.6 Å². The van der Waals surface area contributed by atoms with E-state index in [0.717, 1.165) is 23.8 Å². The van der Waals surface area contributed by atoms with E-state index in [0.29, 0.717) is 17.9 Å². The molecule has 0 aromatic heterocycles. The number of ether oxygens (including phenoxy) is 1. The molecule has 0 unspecified atom stereocenters. The largest absolute Gasteiger partial charge is 0.486 e. The van der Waals surface area contributed by atoms with Gasteiger partial charge in [0, 0.05) is 18.1 Å². The first-order chi connectivity index (χ1) is 10.5. The number of rotatable bonds is 6. The molecular weight excluding hydrogens is 286 g/mol. The average Bonchev–Trinajstić information content (AvgIpc) is 2.48. The van der Waals surface area contributed by atoms with Crippen LogP contribution in [0.5, 0.6) is 5.75 Å². The molecule has 0 saturated heterocycles. The Hall–Kier alpha value is -2.23. The van der Waals surface area contributed by atoms with Gasteiger partial charge in [0.2, 0.25) is 0 Å². The molecule has 0 aliphatic heterocycles. The lowest BCUT2D eigenvalue weighted by molar-refractivity contribution is 0.0968. The zero-order valence-corrected chi connectivity index (χ0v) is 12.6. The van der Waals surface area contributed by atoms with Gasteiger partial charge in [-0.3, -0.25) is 4.79 Å². The van der Waals surface area contributed by atoms with Gasteiger partial charge in [0.1, 0.15) is 12.4 Å². The molecule has 0 bridgehead atoms. The van der Waals surface area contributed by atoms with Crippen LogP contribution in [0.2, 0.25) is 0 Å². The minimum atomic E-state index is -0.606. The molecule has 0 heterocycles. The van der Waals surface area contributed by atoms with Gasteiger partial charge in [-0.25, -0.2) is 8.78 Å². The molecule has 0 amide bonds. The molecule has 0 radical (unpaired) electrons. The van der Waals surface area contributed by atoms with Gasteiger partial charge in [0.25, 0.3) is 0 Å². The van der Waals surface area contributed by atoms with Crippen LogP contribution in [0.3, 0.4) is 0 Å². The second-order valence-corrected chi connectivity index (χ2v) is 5.58. The fraction of sp³-hybridized carbons (Fsp3) is 0.278. The third kappa shape index (κ3) is 4.38. The Balaban J connectivity index is 1.99. The Morgan fingerprint density at radius 3 is 2.41 bits per heavy atom. The molecule has 0 spiro atoms. The van der Waals surface area contributed by atoms with Gasteiger partial charge in [-0.05, 0) is 23.6 Å². The maximum absolute atomic E-state index is 13.4. The Morgan fingerprint density at radius 2 is 1.77 bits per heavy atom. The summed E-state index contributed by atoms with van der Waals surface area (Å²) in [6.07, 6.45) is 0.504. The van der Waals surface area contributed by atoms with E-state index >= 15 is 0 Å². The minimum Gasteiger partial charge on any atom is -0.486 e. The molecule has 22 heavy (non-hydrogen) atoms. The molecule has 116 valence electrons. The summed E-state index contributed by atoms with van der Waals surface area (Å²) in [4.78, 5) is 11.9. The predicted octanol–water partition coefficient (Wildman–Crippen LogP) is 4.77. The van der Waals surface area contributed by atoms with Crippen LogP contribution in [0.1, 0.15) is 36.2 Å². The van der Waals surface area contributed by atoms with Crippen molar-refractivity contribution in [3.05, 3.63) is 65.2 Å². The lowest BCUT2D eigenvalue weighted by Gasteiger charge is -2.08. The highest BCUT2D eigenvalue weighted by Crippen LogP contribution is 2.19. The number of benzene rings is 2. The van der Waals surface area contributed by atoms with E-state index in [1.165, 1.54) is 0 Å². The molecule has 0 atom stereocenters. The first-order valence-corrected chi connectivity index (χ1v) is 7.15. The van der Waals surface area contributed by atoms with Gasteiger partial charge < -0.3 is 4.74 Å². The third-order valence-electron chi connectivity index (χ3n) is 3.16. The first-order valence-electron chi connectivity index (χ1n) is 7.15. The number of halogens is 2. The van der Waals surface area contributed by atoms with Crippen LogP contribution in [-0.2, 0) is 6.61 Å². The Bertz CT molecular complexity index is 649.